The first-order chi connectivity index (χ1) is 13.7. The van der Waals surface area contributed by atoms with Crippen LogP contribution in [0.2, 0.25) is 5.02 Å². The molecule has 1 amide bonds. The monoisotopic (exact) mass is 433 g/mol. The van der Waals surface area contributed by atoms with Crippen LogP contribution >= 0.6 is 11.6 Å². The molecule has 1 heterocycles. The molecule has 156 valence electrons. The molecule has 0 unspecified atom stereocenters. The van der Waals surface area contributed by atoms with Gasteiger partial charge in [0.2, 0.25) is 11.7 Å². The molecule has 1 N–H and O–H groups in total. The molecule has 0 aliphatic carbocycles. The number of benzene rings is 2. The van der Waals surface area contributed by atoms with Crippen molar-refractivity contribution < 1.29 is 26.7 Å². The fraction of sp³-hybridized carbons (Fsp3) is 0.316. The predicted octanol–water partition coefficient (Wildman–Crippen LogP) is 3.97. The van der Waals surface area contributed by atoms with E-state index in [0.29, 0.717) is 23.8 Å². The van der Waals surface area contributed by atoms with Gasteiger partial charge in [0.25, 0.3) is 0 Å². The molecule has 0 spiro atoms. The van der Waals surface area contributed by atoms with Crippen LogP contribution in [0.15, 0.2) is 18.2 Å². The van der Waals surface area contributed by atoms with Crippen LogP contribution in [0.3, 0.4) is 0 Å². The number of hydrogen-bond donors (Lipinski definition) is 1. The van der Waals surface area contributed by atoms with E-state index in [2.05, 4.69) is 10.2 Å². The summed E-state index contributed by atoms with van der Waals surface area (Å²) in [6.07, 6.45) is -1.03. The third-order valence-corrected chi connectivity index (χ3v) is 4.95. The molecule has 0 atom stereocenters. The number of carbonyl (C=O) groups is 1. The zero-order valence-corrected chi connectivity index (χ0v) is 16.1. The van der Waals surface area contributed by atoms with Crippen LogP contribution in [0.4, 0.5) is 33.3 Å². The highest BCUT2D eigenvalue weighted by molar-refractivity contribution is 6.31. The molecule has 1 aliphatic heterocycles. The van der Waals surface area contributed by atoms with Crippen molar-refractivity contribution in [1.82, 2.24) is 4.90 Å². The average molecular weight is 434 g/mol. The van der Waals surface area contributed by atoms with Gasteiger partial charge in [0, 0.05) is 36.8 Å². The summed E-state index contributed by atoms with van der Waals surface area (Å²) in [5.41, 5.74) is -0.258. The lowest BCUT2D eigenvalue weighted by Crippen LogP contribution is -2.44. The lowest BCUT2D eigenvalue weighted by Gasteiger charge is -2.35. The first-order valence-electron chi connectivity index (χ1n) is 8.72. The minimum absolute atomic E-state index is 0.288. The van der Waals surface area contributed by atoms with Crippen molar-refractivity contribution in [3.63, 3.8) is 0 Å². The molecule has 1 aliphatic rings. The molecule has 1 fully saturated rings. The van der Waals surface area contributed by atoms with E-state index in [-0.39, 0.29) is 5.69 Å². The van der Waals surface area contributed by atoms with Gasteiger partial charge in [-0.3, -0.25) is 4.79 Å². The Morgan fingerprint density at radius 2 is 1.52 bits per heavy atom. The number of carbonyl (C=O) groups excluding carboxylic acids is 1. The number of nitrogens with one attached hydrogen (secondary N) is 1. The molecule has 2 aromatic rings. The number of piperazine rings is 1. The van der Waals surface area contributed by atoms with Gasteiger partial charge >= 0.3 is 0 Å². The number of amides is 1. The maximum Gasteiger partial charge on any atom is 0.229 e. The first kappa shape index (κ1) is 21.3. The number of rotatable bonds is 4. The summed E-state index contributed by atoms with van der Waals surface area (Å²) in [7, 11) is 1.98. The van der Waals surface area contributed by atoms with Crippen molar-refractivity contribution in [2.24, 2.45) is 0 Å². The fourth-order valence-corrected chi connectivity index (χ4v) is 3.26. The Morgan fingerprint density at radius 1 is 0.966 bits per heavy atom. The summed E-state index contributed by atoms with van der Waals surface area (Å²) < 4.78 is 67.5. The van der Waals surface area contributed by atoms with Crippen LogP contribution in [-0.2, 0) is 11.2 Å². The molecule has 10 heteroatoms. The highest BCUT2D eigenvalue weighted by Crippen LogP contribution is 2.30. The highest BCUT2D eigenvalue weighted by Gasteiger charge is 2.27. The summed E-state index contributed by atoms with van der Waals surface area (Å²) in [6.45, 7) is 2.94. The van der Waals surface area contributed by atoms with Crippen molar-refractivity contribution in [2.75, 3.05) is 43.4 Å². The van der Waals surface area contributed by atoms with Crippen LogP contribution in [0.1, 0.15) is 5.56 Å². The van der Waals surface area contributed by atoms with E-state index in [0.717, 1.165) is 13.1 Å². The molecule has 4 nitrogen and oxygen atoms in total. The van der Waals surface area contributed by atoms with E-state index in [1.165, 1.54) is 6.07 Å². The smallest absolute Gasteiger partial charge is 0.229 e. The van der Waals surface area contributed by atoms with Crippen LogP contribution in [-0.4, -0.2) is 44.0 Å². The Kier molecular flexibility index (Phi) is 6.28. The topological polar surface area (TPSA) is 35.6 Å². The van der Waals surface area contributed by atoms with Gasteiger partial charge in [-0.1, -0.05) is 11.6 Å². The van der Waals surface area contributed by atoms with E-state index in [9.17, 15) is 26.7 Å². The van der Waals surface area contributed by atoms with Crippen LogP contribution in [0, 0.1) is 29.1 Å². The second-order valence-corrected chi connectivity index (χ2v) is 7.16. The van der Waals surface area contributed by atoms with Crippen molar-refractivity contribution in [1.29, 1.82) is 0 Å². The zero-order valence-electron chi connectivity index (χ0n) is 15.3. The summed E-state index contributed by atoms with van der Waals surface area (Å²) in [4.78, 5) is 16.5. The average Bonchev–Trinajstić information content (AvgIpc) is 2.69. The van der Waals surface area contributed by atoms with Gasteiger partial charge in [-0.2, -0.15) is 0 Å². The van der Waals surface area contributed by atoms with Crippen molar-refractivity contribution in [3.8, 4) is 0 Å². The molecule has 0 aromatic heterocycles. The zero-order chi connectivity index (χ0) is 21.3. The predicted molar refractivity (Wildman–Crippen MR) is 99.7 cm³/mol. The highest BCUT2D eigenvalue weighted by atomic mass is 35.5. The van der Waals surface area contributed by atoms with Crippen molar-refractivity contribution in [3.05, 3.63) is 57.9 Å². The van der Waals surface area contributed by atoms with E-state index in [1.807, 2.05) is 11.9 Å². The van der Waals surface area contributed by atoms with Crippen molar-refractivity contribution in [2.45, 2.75) is 6.42 Å². The van der Waals surface area contributed by atoms with Crippen LogP contribution in [0.5, 0.6) is 0 Å². The number of nitrogens with zero attached hydrogens (tertiary/aromatic N) is 2. The third kappa shape index (κ3) is 4.45. The van der Waals surface area contributed by atoms with Gasteiger partial charge in [-0.15, -0.1) is 0 Å². The molecule has 2 aromatic carbocycles. The van der Waals surface area contributed by atoms with Crippen LogP contribution < -0.4 is 10.2 Å². The second-order valence-electron chi connectivity index (χ2n) is 6.73. The standard InChI is InChI=1S/C19H17ClF5N3O/c1-27-4-6-28(7-5-27)13-3-2-10(20)8-12(13)26-14(29)9-11-15(21)17(23)19(25)18(24)16(11)22/h2-3,8H,4-7,9H2,1H3,(H,26,29). The second kappa shape index (κ2) is 8.54. The lowest BCUT2D eigenvalue weighted by atomic mass is 10.1. The summed E-state index contributed by atoms with van der Waals surface area (Å²) >= 11 is 5.99. The Balaban J connectivity index is 1.84. The normalized spacial score (nSPS) is 14.9. The summed E-state index contributed by atoms with van der Waals surface area (Å²) in [6, 6.07) is 4.79. The SMILES string of the molecule is CN1CCN(c2ccc(Cl)cc2NC(=O)Cc2c(F)c(F)c(F)c(F)c2F)CC1. The Labute approximate surface area is 168 Å². The Bertz CT molecular complexity index is 919. The van der Waals surface area contributed by atoms with E-state index >= 15 is 0 Å². The number of anilines is 2. The largest absolute Gasteiger partial charge is 0.367 e. The first-order valence-corrected chi connectivity index (χ1v) is 9.10. The van der Waals surface area contributed by atoms with Crippen molar-refractivity contribution >= 4 is 28.9 Å². The minimum atomic E-state index is -2.27. The number of halogens is 6. The van der Waals surface area contributed by atoms with Gasteiger partial charge in [0.1, 0.15) is 0 Å². The lowest BCUT2D eigenvalue weighted by molar-refractivity contribution is -0.115. The molecule has 29 heavy (non-hydrogen) atoms. The number of likely N-dealkylation sites (N-methyl/N-ethyl adjacent to an activating group) is 1. The molecule has 0 radical (unpaired) electrons. The maximum atomic E-state index is 13.8. The third-order valence-electron chi connectivity index (χ3n) is 4.71. The molecular weight excluding hydrogens is 417 g/mol. The maximum absolute atomic E-state index is 13.8. The summed E-state index contributed by atoms with van der Waals surface area (Å²) in [5, 5.41) is 2.78. The molecule has 0 saturated carbocycles. The van der Waals surface area contributed by atoms with E-state index < -0.39 is 47.0 Å². The van der Waals surface area contributed by atoms with Crippen LogP contribution in [0.25, 0.3) is 0 Å². The quantitative estimate of drug-likeness (QED) is 0.450. The Hall–Kier alpha value is -2.39. The Morgan fingerprint density at radius 3 is 2.10 bits per heavy atom. The summed E-state index contributed by atoms with van der Waals surface area (Å²) in [5.74, 6) is -11.4. The van der Waals surface area contributed by atoms with Gasteiger partial charge in [0.15, 0.2) is 23.3 Å². The number of hydrogen-bond acceptors (Lipinski definition) is 3. The molecular formula is C19H17ClF5N3O. The molecule has 3 rings (SSSR count). The molecule has 0 bridgehead atoms. The van der Waals surface area contributed by atoms with Gasteiger partial charge in [-0.25, -0.2) is 22.0 Å². The molecule has 1 saturated heterocycles. The van der Waals surface area contributed by atoms with Gasteiger partial charge in [-0.05, 0) is 25.2 Å². The van der Waals surface area contributed by atoms with Gasteiger partial charge < -0.3 is 15.1 Å². The minimum Gasteiger partial charge on any atom is -0.367 e. The fourth-order valence-electron chi connectivity index (χ4n) is 3.09. The van der Waals surface area contributed by atoms with E-state index in [1.54, 1.807) is 12.1 Å². The van der Waals surface area contributed by atoms with Gasteiger partial charge in [0.05, 0.1) is 17.8 Å². The van der Waals surface area contributed by atoms with E-state index in [4.69, 9.17) is 11.6 Å².